The van der Waals surface area contributed by atoms with E-state index < -0.39 is 5.82 Å². The number of piperazine rings is 1. The number of imidazole rings is 1. The molecule has 4 aromatic heterocycles. The van der Waals surface area contributed by atoms with Crippen LogP contribution in [0.5, 0.6) is 5.75 Å². The van der Waals surface area contributed by atoms with Crippen molar-refractivity contribution in [1.29, 1.82) is 0 Å². The fourth-order valence-corrected chi connectivity index (χ4v) is 7.99. The molecule has 2 aliphatic rings. The van der Waals surface area contributed by atoms with Crippen LogP contribution in [-0.2, 0) is 4.79 Å². The number of H-pyrrole nitrogens is 1. The molecule has 1 aliphatic carbocycles. The Balaban J connectivity index is 0.708. The summed E-state index contributed by atoms with van der Waals surface area (Å²) in [5, 5.41) is 15.7. The normalized spacial score (nSPS) is 14.4. The largest absolute Gasteiger partial charge is 0.494 e. The number of hydrogen-bond donors (Lipinski definition) is 3. The number of aromatic amines is 1. The quantitative estimate of drug-likeness (QED) is 0.0564. The molecule has 2 amide bonds. The summed E-state index contributed by atoms with van der Waals surface area (Å²) in [5.41, 5.74) is 4.72. The first kappa shape index (κ1) is 40.8. The summed E-state index contributed by atoms with van der Waals surface area (Å²) in [4.78, 5) is 56.2. The molecule has 14 nitrogen and oxygen atoms in total. The number of nitrogens with one attached hydrogen (secondary N) is 3. The molecule has 2 fully saturated rings. The average molecular weight is 833 g/mol. The summed E-state index contributed by atoms with van der Waals surface area (Å²) in [7, 11) is 0. The maximum atomic E-state index is 15.6. The second kappa shape index (κ2) is 18.9. The van der Waals surface area contributed by atoms with Crippen molar-refractivity contribution >= 4 is 46.1 Å². The molecule has 60 heavy (non-hydrogen) atoms. The zero-order chi connectivity index (χ0) is 41.4. The molecule has 1 aliphatic heterocycles. The topological polar surface area (TPSA) is 163 Å². The number of aryl methyl sites for hydroxylation is 1. The van der Waals surface area contributed by atoms with Crippen LogP contribution in [0.4, 0.5) is 15.9 Å². The van der Waals surface area contributed by atoms with Crippen molar-refractivity contribution < 1.29 is 23.5 Å². The third-order valence-electron chi connectivity index (χ3n) is 10.9. The van der Waals surface area contributed by atoms with Gasteiger partial charge in [-0.05, 0) is 62.9 Å². The van der Waals surface area contributed by atoms with Crippen molar-refractivity contribution in [1.82, 2.24) is 44.7 Å². The van der Waals surface area contributed by atoms with E-state index in [2.05, 4.69) is 30.8 Å². The number of thiazole rings is 1. The second-order valence-electron chi connectivity index (χ2n) is 15.4. The minimum absolute atomic E-state index is 0.0213. The molecule has 3 N–H and O–H groups in total. The Hall–Kier alpha value is -6.00. The molecule has 8 rings (SSSR count). The number of hydrogen-bond acceptors (Lipinski definition) is 11. The monoisotopic (exact) mass is 832 g/mol. The van der Waals surface area contributed by atoms with Crippen LogP contribution in [0.3, 0.4) is 0 Å². The number of ketones is 1. The Morgan fingerprint density at radius 1 is 0.950 bits per heavy atom. The van der Waals surface area contributed by atoms with Crippen molar-refractivity contribution in [3.8, 4) is 17.0 Å². The molecule has 2 aromatic carbocycles. The standard InChI is InChI=1S/C44H49FN10O4S/c1-29-50-38(28-60-29)41(57)31-9-8-10-34(21-31)59-20-7-5-3-2-4-6-15-46-40(56)27-53-16-18-54(19-17-53)44(58)32-13-14-36(35(45)22-32)51-42-43-47-25-39(33-23-48-49-24-33)55(43)26-37(52-42)30-11-12-30/h8-10,13-14,21-26,28,30H,2-7,11-12,15-20,27H2,1H3,(H,46,56)(H,48,49)(H,51,52). The maximum absolute atomic E-state index is 15.6. The third kappa shape index (κ3) is 10.1. The highest BCUT2D eigenvalue weighted by Crippen LogP contribution is 2.40. The predicted molar refractivity (Wildman–Crippen MR) is 228 cm³/mol. The molecule has 1 saturated carbocycles. The first-order valence-electron chi connectivity index (χ1n) is 20.7. The van der Waals surface area contributed by atoms with Gasteiger partial charge in [0.25, 0.3) is 5.91 Å². The molecule has 312 valence electrons. The first-order valence-corrected chi connectivity index (χ1v) is 21.6. The van der Waals surface area contributed by atoms with E-state index in [-0.39, 0.29) is 35.4 Å². The number of aromatic nitrogens is 6. The van der Waals surface area contributed by atoms with E-state index >= 15 is 4.39 Å². The number of benzene rings is 2. The van der Waals surface area contributed by atoms with Gasteiger partial charge >= 0.3 is 0 Å². The molecule has 6 aromatic rings. The van der Waals surface area contributed by atoms with Gasteiger partial charge in [-0.25, -0.2) is 19.3 Å². The number of rotatable bonds is 19. The number of ether oxygens (including phenoxy) is 1. The van der Waals surface area contributed by atoms with Crippen molar-refractivity contribution in [3.63, 3.8) is 0 Å². The van der Waals surface area contributed by atoms with Crippen molar-refractivity contribution in [2.75, 3.05) is 51.2 Å². The van der Waals surface area contributed by atoms with E-state index in [1.807, 2.05) is 34.6 Å². The van der Waals surface area contributed by atoms with Gasteiger partial charge in [-0.3, -0.25) is 28.8 Å². The number of amides is 2. The van der Waals surface area contributed by atoms with Gasteiger partial charge in [-0.1, -0.05) is 37.8 Å². The van der Waals surface area contributed by atoms with Gasteiger partial charge in [0, 0.05) is 73.1 Å². The first-order chi connectivity index (χ1) is 29.3. The van der Waals surface area contributed by atoms with Gasteiger partial charge in [0.15, 0.2) is 11.5 Å². The number of fused-ring (bicyclic) bond motifs is 1. The number of carbonyl (C=O) groups excluding carboxylic acids is 3. The van der Waals surface area contributed by atoms with Crippen LogP contribution in [0.1, 0.15) is 94.4 Å². The lowest BCUT2D eigenvalue weighted by atomic mass is 10.1. The van der Waals surface area contributed by atoms with Gasteiger partial charge in [0.1, 0.15) is 17.3 Å². The minimum atomic E-state index is -0.559. The molecular weight excluding hydrogens is 784 g/mol. The highest BCUT2D eigenvalue weighted by Gasteiger charge is 2.28. The van der Waals surface area contributed by atoms with Crippen molar-refractivity contribution in [2.45, 2.75) is 64.2 Å². The van der Waals surface area contributed by atoms with Crippen LogP contribution in [-0.4, -0.2) is 103 Å². The van der Waals surface area contributed by atoms with E-state index in [4.69, 9.17) is 9.72 Å². The molecule has 0 unspecified atom stereocenters. The molecule has 1 saturated heterocycles. The summed E-state index contributed by atoms with van der Waals surface area (Å²) in [6.45, 7) is 5.41. The maximum Gasteiger partial charge on any atom is 0.254 e. The van der Waals surface area contributed by atoms with Gasteiger partial charge in [-0.15, -0.1) is 11.3 Å². The van der Waals surface area contributed by atoms with E-state index in [0.29, 0.717) is 73.7 Å². The Bertz CT molecular complexity index is 2440. The zero-order valence-corrected chi connectivity index (χ0v) is 34.5. The van der Waals surface area contributed by atoms with Gasteiger partial charge < -0.3 is 20.3 Å². The number of nitrogens with zero attached hydrogens (tertiary/aromatic N) is 7. The molecule has 0 atom stereocenters. The molecule has 0 bridgehead atoms. The molecule has 16 heteroatoms. The van der Waals surface area contributed by atoms with E-state index in [0.717, 1.165) is 73.3 Å². The lowest BCUT2D eigenvalue weighted by Crippen LogP contribution is -2.51. The number of unbranched alkanes of at least 4 members (excludes halogenated alkanes) is 5. The average Bonchev–Trinajstić information content (AvgIpc) is 3.56. The lowest BCUT2D eigenvalue weighted by Gasteiger charge is -2.34. The Morgan fingerprint density at radius 2 is 1.77 bits per heavy atom. The molecule has 5 heterocycles. The van der Waals surface area contributed by atoms with Gasteiger partial charge in [0.05, 0.1) is 47.6 Å². The Morgan fingerprint density at radius 3 is 2.52 bits per heavy atom. The van der Waals surface area contributed by atoms with Gasteiger partial charge in [0.2, 0.25) is 11.7 Å². The zero-order valence-electron chi connectivity index (χ0n) is 33.7. The van der Waals surface area contributed by atoms with Crippen LogP contribution in [0.25, 0.3) is 16.9 Å². The Labute approximate surface area is 351 Å². The number of anilines is 2. The molecule has 0 radical (unpaired) electrons. The minimum Gasteiger partial charge on any atom is -0.494 e. The summed E-state index contributed by atoms with van der Waals surface area (Å²) >= 11 is 1.46. The lowest BCUT2D eigenvalue weighted by molar-refractivity contribution is -0.122. The van der Waals surface area contributed by atoms with Gasteiger partial charge in [-0.2, -0.15) is 5.10 Å². The van der Waals surface area contributed by atoms with Crippen LogP contribution >= 0.6 is 11.3 Å². The van der Waals surface area contributed by atoms with Crippen molar-refractivity contribution in [3.05, 3.63) is 106 Å². The SMILES string of the molecule is Cc1nc(C(=O)c2cccc(OCCCCCCCCNC(=O)CN3CCN(C(=O)c4ccc(Nc5nc(C6CC6)cn6c(-c7cn[nH]c7)cnc56)c(F)c4)CC3)c2)cs1. The van der Waals surface area contributed by atoms with Crippen molar-refractivity contribution in [2.24, 2.45) is 0 Å². The predicted octanol–water partition coefficient (Wildman–Crippen LogP) is 7.17. The molecular formula is C44H49FN10O4S. The summed E-state index contributed by atoms with van der Waals surface area (Å²) in [6.07, 6.45) is 15.5. The highest BCUT2D eigenvalue weighted by atomic mass is 32.1. The van der Waals surface area contributed by atoms with E-state index in [1.54, 1.807) is 53.1 Å². The summed E-state index contributed by atoms with van der Waals surface area (Å²) in [5.74, 6) is 0.572. The van der Waals surface area contributed by atoms with Crippen LogP contribution < -0.4 is 15.4 Å². The Kier molecular flexibility index (Phi) is 12.9. The summed E-state index contributed by atoms with van der Waals surface area (Å²) in [6, 6.07) is 11.7. The summed E-state index contributed by atoms with van der Waals surface area (Å²) < 4.78 is 23.4. The number of carbonyl (C=O) groups is 3. The molecule has 0 spiro atoms. The van der Waals surface area contributed by atoms with E-state index in [9.17, 15) is 14.4 Å². The fraction of sp³-hybridized carbons (Fsp3) is 0.386. The third-order valence-corrected chi connectivity index (χ3v) is 11.7. The van der Waals surface area contributed by atoms with Crippen LogP contribution in [0.15, 0.2) is 72.6 Å². The van der Waals surface area contributed by atoms with Crippen LogP contribution in [0.2, 0.25) is 0 Å². The van der Waals surface area contributed by atoms with Crippen LogP contribution in [0, 0.1) is 12.7 Å². The van der Waals surface area contributed by atoms with E-state index in [1.165, 1.54) is 17.4 Å². The number of halogens is 1. The second-order valence-corrected chi connectivity index (χ2v) is 16.5. The highest BCUT2D eigenvalue weighted by molar-refractivity contribution is 7.09. The fourth-order valence-electron chi connectivity index (χ4n) is 7.39. The smallest absolute Gasteiger partial charge is 0.254 e.